The molecule has 0 saturated heterocycles. The van der Waals surface area contributed by atoms with Crippen LogP contribution in [-0.2, 0) is 0 Å². The van der Waals surface area contributed by atoms with Gasteiger partial charge in [0.05, 0.1) is 27.2 Å². The lowest BCUT2D eigenvalue weighted by atomic mass is 10.1. The van der Waals surface area contributed by atoms with Crippen molar-refractivity contribution in [2.45, 2.75) is 77.6 Å². The van der Waals surface area contributed by atoms with E-state index in [9.17, 15) is 0 Å². The predicted octanol–water partition coefficient (Wildman–Crippen LogP) is 2.77. The minimum atomic E-state index is 0. The molecule has 0 rings (SSSR count). The number of rotatable bonds is 14. The van der Waals surface area contributed by atoms with Crippen molar-refractivity contribution in [3.63, 3.8) is 0 Å². The monoisotopic (exact) mass is 461 g/mol. The molecule has 0 spiro atoms. The molecule has 0 bridgehead atoms. The molecule has 0 aliphatic carbocycles. The van der Waals surface area contributed by atoms with Gasteiger partial charge in [-0.3, -0.25) is 0 Å². The first-order valence-corrected chi connectivity index (χ1v) is 9.62. The van der Waals surface area contributed by atoms with Crippen LogP contribution in [0.15, 0.2) is 0 Å². The van der Waals surface area contributed by atoms with Crippen molar-refractivity contribution in [1.29, 1.82) is 0 Å². The van der Waals surface area contributed by atoms with E-state index >= 15 is 0 Å². The summed E-state index contributed by atoms with van der Waals surface area (Å²) in [7, 11) is 4.78. The minimum absolute atomic E-state index is 0. The Balaban J connectivity index is 0. The Kier molecular flexibility index (Phi) is 19.4. The predicted molar refractivity (Wildman–Crippen MR) is 92.1 cm³/mol. The molecule has 0 fully saturated rings. The van der Waals surface area contributed by atoms with Crippen molar-refractivity contribution in [2.24, 2.45) is 0 Å². The fourth-order valence-corrected chi connectivity index (χ4v) is 2.99. The molecule has 0 atom stereocenters. The molecule has 0 radical (unpaired) electrons. The summed E-state index contributed by atoms with van der Waals surface area (Å²) < 4.78 is 1.21. The summed E-state index contributed by atoms with van der Waals surface area (Å²) in [6, 6.07) is 0. The minimum Gasteiger partial charge on any atom is -1.00 e. The second-order valence-electron chi connectivity index (χ2n) is 6.61. The number of hydrogen-bond acceptors (Lipinski definition) is 0. The van der Waals surface area contributed by atoms with Crippen LogP contribution in [0, 0.1) is 0 Å². The Hall–Kier alpha value is 1.17. The number of alkyl halides is 1. The average Bonchev–Trinajstić information content (AvgIpc) is 2.37. The SMILES string of the molecule is CCCCCCCCCCC[N+](C)(C)CCCCBr.[I-]. The third kappa shape index (κ3) is 17.2. The van der Waals surface area contributed by atoms with Crippen molar-refractivity contribution >= 4 is 15.9 Å². The fourth-order valence-electron chi connectivity index (χ4n) is 2.60. The van der Waals surface area contributed by atoms with Crippen LogP contribution in [0.2, 0.25) is 0 Å². The van der Waals surface area contributed by atoms with Gasteiger partial charge in [0.25, 0.3) is 0 Å². The van der Waals surface area contributed by atoms with Gasteiger partial charge in [0.2, 0.25) is 0 Å². The van der Waals surface area contributed by atoms with Crippen LogP contribution in [0.1, 0.15) is 77.6 Å². The number of nitrogens with zero attached hydrogens (tertiary/aromatic N) is 1. The molecular formula is C17H37BrIN. The second kappa shape index (κ2) is 16.5. The zero-order valence-corrected chi connectivity index (χ0v) is 17.8. The maximum absolute atomic E-state index is 3.51. The second-order valence-corrected chi connectivity index (χ2v) is 7.40. The van der Waals surface area contributed by atoms with Gasteiger partial charge in [-0.2, -0.15) is 0 Å². The van der Waals surface area contributed by atoms with Gasteiger partial charge in [-0.25, -0.2) is 0 Å². The smallest absolute Gasteiger partial charge is 0.0782 e. The van der Waals surface area contributed by atoms with E-state index in [-0.39, 0.29) is 24.0 Å². The van der Waals surface area contributed by atoms with E-state index in [1.54, 1.807) is 0 Å². The highest BCUT2D eigenvalue weighted by atomic mass is 127. The Bertz CT molecular complexity index is 186. The summed E-state index contributed by atoms with van der Waals surface area (Å²) in [5, 5.41) is 1.16. The molecule has 0 aromatic carbocycles. The zero-order valence-electron chi connectivity index (χ0n) is 14.1. The first kappa shape index (κ1) is 23.4. The maximum atomic E-state index is 3.51. The van der Waals surface area contributed by atoms with Crippen molar-refractivity contribution in [3.05, 3.63) is 0 Å². The van der Waals surface area contributed by atoms with Gasteiger partial charge in [-0.15, -0.1) is 0 Å². The normalized spacial score (nSPS) is 11.4. The molecule has 0 heterocycles. The van der Waals surface area contributed by atoms with Gasteiger partial charge in [-0.05, 0) is 25.7 Å². The summed E-state index contributed by atoms with van der Waals surface area (Å²) >= 11 is 3.51. The molecule has 0 aliphatic heterocycles. The van der Waals surface area contributed by atoms with E-state index < -0.39 is 0 Å². The lowest BCUT2D eigenvalue weighted by molar-refractivity contribution is -0.890. The van der Waals surface area contributed by atoms with Crippen LogP contribution in [0.4, 0.5) is 0 Å². The largest absolute Gasteiger partial charge is 1.00 e. The fraction of sp³-hybridized carbons (Fsp3) is 1.00. The summed E-state index contributed by atoms with van der Waals surface area (Å²) in [6.07, 6.45) is 15.6. The lowest BCUT2D eigenvalue weighted by Crippen LogP contribution is -3.00. The summed E-state index contributed by atoms with van der Waals surface area (Å²) in [5.41, 5.74) is 0. The van der Waals surface area contributed by atoms with Gasteiger partial charge in [-0.1, -0.05) is 67.8 Å². The average molecular weight is 462 g/mol. The van der Waals surface area contributed by atoms with E-state index in [1.807, 2.05) is 0 Å². The number of unbranched alkanes of at least 4 members (excludes halogenated alkanes) is 9. The van der Waals surface area contributed by atoms with Gasteiger partial charge in [0.1, 0.15) is 0 Å². The Morgan fingerprint density at radius 1 is 0.650 bits per heavy atom. The van der Waals surface area contributed by atoms with Crippen LogP contribution in [0.25, 0.3) is 0 Å². The highest BCUT2D eigenvalue weighted by Crippen LogP contribution is 2.11. The number of quaternary nitrogens is 1. The molecule has 0 aromatic rings. The third-order valence-electron chi connectivity index (χ3n) is 4.01. The lowest BCUT2D eigenvalue weighted by Gasteiger charge is -2.29. The van der Waals surface area contributed by atoms with Gasteiger partial charge < -0.3 is 28.5 Å². The number of hydrogen-bond donors (Lipinski definition) is 0. The highest BCUT2D eigenvalue weighted by molar-refractivity contribution is 9.09. The van der Waals surface area contributed by atoms with Crippen LogP contribution < -0.4 is 24.0 Å². The number of halogens is 2. The van der Waals surface area contributed by atoms with Crippen LogP contribution in [-0.4, -0.2) is 37.0 Å². The Morgan fingerprint density at radius 3 is 1.50 bits per heavy atom. The molecule has 0 saturated carbocycles. The van der Waals surface area contributed by atoms with E-state index in [0.29, 0.717) is 0 Å². The summed E-state index contributed by atoms with van der Waals surface area (Å²) in [4.78, 5) is 0. The Morgan fingerprint density at radius 2 is 1.05 bits per heavy atom. The zero-order chi connectivity index (χ0) is 14.4. The summed E-state index contributed by atoms with van der Waals surface area (Å²) in [5.74, 6) is 0. The van der Waals surface area contributed by atoms with Crippen LogP contribution in [0.3, 0.4) is 0 Å². The molecule has 0 unspecified atom stereocenters. The quantitative estimate of drug-likeness (QED) is 0.161. The molecule has 0 amide bonds. The standard InChI is InChI=1S/C17H37BrN.HI/c1-4-5-6-7-8-9-10-11-13-16-19(2,3)17-14-12-15-18;/h4-17H2,1-3H3;1H/q+1;/p-1. The summed E-state index contributed by atoms with van der Waals surface area (Å²) in [6.45, 7) is 4.98. The van der Waals surface area contributed by atoms with Crippen LogP contribution in [0.5, 0.6) is 0 Å². The topological polar surface area (TPSA) is 0 Å². The van der Waals surface area contributed by atoms with Crippen molar-refractivity contribution < 1.29 is 28.5 Å². The molecule has 1 nitrogen and oxygen atoms in total. The molecule has 20 heavy (non-hydrogen) atoms. The van der Waals surface area contributed by atoms with Crippen molar-refractivity contribution in [2.75, 3.05) is 32.5 Å². The molecule has 124 valence electrons. The first-order chi connectivity index (χ1) is 9.12. The molecule has 0 aliphatic rings. The van der Waals surface area contributed by atoms with E-state index in [1.165, 1.54) is 88.2 Å². The van der Waals surface area contributed by atoms with Gasteiger partial charge in [0, 0.05) is 5.33 Å². The van der Waals surface area contributed by atoms with E-state index in [4.69, 9.17) is 0 Å². The third-order valence-corrected chi connectivity index (χ3v) is 4.57. The van der Waals surface area contributed by atoms with Crippen LogP contribution >= 0.6 is 15.9 Å². The van der Waals surface area contributed by atoms with Crippen molar-refractivity contribution in [1.82, 2.24) is 0 Å². The first-order valence-electron chi connectivity index (χ1n) is 8.50. The van der Waals surface area contributed by atoms with Gasteiger partial charge in [0.15, 0.2) is 0 Å². The molecule has 3 heteroatoms. The maximum Gasteiger partial charge on any atom is 0.0782 e. The van der Waals surface area contributed by atoms with E-state index in [2.05, 4.69) is 36.9 Å². The van der Waals surface area contributed by atoms with Crippen molar-refractivity contribution in [3.8, 4) is 0 Å². The highest BCUT2D eigenvalue weighted by Gasteiger charge is 2.13. The van der Waals surface area contributed by atoms with Gasteiger partial charge >= 0.3 is 0 Å². The molecular weight excluding hydrogens is 425 g/mol. The molecule has 0 aromatic heterocycles. The Labute approximate surface area is 154 Å². The molecule has 0 N–H and O–H groups in total. The van der Waals surface area contributed by atoms with E-state index in [0.717, 1.165) is 5.33 Å².